The normalized spacial score (nSPS) is 31.6. The van der Waals surface area contributed by atoms with Crippen LogP contribution < -0.4 is 0 Å². The molecule has 1 saturated carbocycles. The topological polar surface area (TPSA) is 38.0 Å². The molecule has 0 spiro atoms. The van der Waals surface area contributed by atoms with E-state index in [1.165, 1.54) is 6.42 Å². The highest BCUT2D eigenvalue weighted by atomic mass is 16.3. The molecule has 2 rings (SSSR count). The fourth-order valence-corrected chi connectivity index (χ4v) is 4.00. The van der Waals surface area contributed by atoms with Crippen LogP contribution in [0.3, 0.4) is 0 Å². The summed E-state index contributed by atoms with van der Waals surface area (Å²) in [5.41, 5.74) is 1.83. The van der Waals surface area contributed by atoms with Gasteiger partial charge in [-0.1, -0.05) is 20.8 Å². The third kappa shape index (κ3) is 2.94. The maximum absolute atomic E-state index is 10.9. The molecular weight excluding hydrogens is 224 g/mol. The van der Waals surface area contributed by atoms with Crippen molar-refractivity contribution >= 4 is 0 Å². The molecular formula is C15H26N2O. The molecule has 1 aromatic heterocycles. The van der Waals surface area contributed by atoms with E-state index in [9.17, 15) is 5.11 Å². The molecule has 1 aliphatic rings. The number of hydrogen-bond donors (Lipinski definition) is 1. The maximum Gasteiger partial charge on any atom is 0.0710 e. The fourth-order valence-electron chi connectivity index (χ4n) is 4.00. The lowest BCUT2D eigenvalue weighted by Gasteiger charge is -2.44. The van der Waals surface area contributed by atoms with Crippen molar-refractivity contribution in [2.24, 2.45) is 18.4 Å². The van der Waals surface area contributed by atoms with Gasteiger partial charge in [-0.25, -0.2) is 0 Å². The van der Waals surface area contributed by atoms with Crippen molar-refractivity contribution in [1.29, 1.82) is 0 Å². The highest BCUT2D eigenvalue weighted by Gasteiger charge is 2.41. The predicted molar refractivity (Wildman–Crippen MR) is 73.4 cm³/mol. The summed E-state index contributed by atoms with van der Waals surface area (Å²) in [6.07, 6.45) is 3.72. The van der Waals surface area contributed by atoms with Crippen molar-refractivity contribution < 1.29 is 5.11 Å². The van der Waals surface area contributed by atoms with Crippen LogP contribution in [-0.2, 0) is 13.5 Å². The molecule has 1 heterocycles. The zero-order valence-corrected chi connectivity index (χ0v) is 12.3. The van der Waals surface area contributed by atoms with E-state index in [1.807, 2.05) is 18.7 Å². The third-order valence-electron chi connectivity index (χ3n) is 4.05. The molecule has 0 aromatic carbocycles. The van der Waals surface area contributed by atoms with Gasteiger partial charge in [-0.15, -0.1) is 0 Å². The summed E-state index contributed by atoms with van der Waals surface area (Å²) >= 11 is 0. The Bertz CT molecular complexity index is 436. The van der Waals surface area contributed by atoms with Crippen LogP contribution in [-0.4, -0.2) is 20.5 Å². The molecule has 1 N–H and O–H groups in total. The first kappa shape index (κ1) is 13.6. The van der Waals surface area contributed by atoms with Gasteiger partial charge in [-0.05, 0) is 43.6 Å². The Balaban J connectivity index is 2.18. The summed E-state index contributed by atoms with van der Waals surface area (Å²) < 4.78 is 1.90. The lowest BCUT2D eigenvalue weighted by molar-refractivity contribution is -0.0585. The van der Waals surface area contributed by atoms with Crippen molar-refractivity contribution in [1.82, 2.24) is 9.78 Å². The maximum atomic E-state index is 10.9. The molecule has 0 amide bonds. The molecule has 2 unspecified atom stereocenters. The van der Waals surface area contributed by atoms with E-state index in [0.29, 0.717) is 5.92 Å². The van der Waals surface area contributed by atoms with Crippen LogP contribution in [0, 0.1) is 18.3 Å². The van der Waals surface area contributed by atoms with Crippen molar-refractivity contribution in [2.45, 2.75) is 59.0 Å². The number of aromatic nitrogens is 2. The zero-order chi connectivity index (χ0) is 13.6. The van der Waals surface area contributed by atoms with E-state index in [1.54, 1.807) is 0 Å². The molecule has 18 heavy (non-hydrogen) atoms. The quantitative estimate of drug-likeness (QED) is 0.876. The lowest BCUT2D eigenvalue weighted by atomic mass is 9.64. The van der Waals surface area contributed by atoms with Crippen LogP contribution in [0.25, 0.3) is 0 Å². The third-order valence-corrected chi connectivity index (χ3v) is 4.05. The Hall–Kier alpha value is -0.830. The van der Waals surface area contributed by atoms with Crippen molar-refractivity contribution in [3.8, 4) is 0 Å². The van der Waals surface area contributed by atoms with Gasteiger partial charge in [-0.2, -0.15) is 5.10 Å². The number of aliphatic hydroxyl groups is 1. The standard InChI is InChI=1S/C15H26N2O/c1-11-7-14(3,4)10-15(18,8-11)9-13-6-12(2)16-17(13)5/h6,11,18H,7-10H2,1-5H3. The molecule has 1 aliphatic carbocycles. The van der Waals surface area contributed by atoms with E-state index in [2.05, 4.69) is 31.9 Å². The molecule has 3 nitrogen and oxygen atoms in total. The summed E-state index contributed by atoms with van der Waals surface area (Å²) in [5.74, 6) is 0.591. The second-order valence-electron chi connectivity index (χ2n) is 7.16. The Morgan fingerprint density at radius 3 is 2.61 bits per heavy atom. The monoisotopic (exact) mass is 250 g/mol. The van der Waals surface area contributed by atoms with Gasteiger partial charge in [-0.3, -0.25) is 4.68 Å². The van der Waals surface area contributed by atoms with Gasteiger partial charge in [0.25, 0.3) is 0 Å². The van der Waals surface area contributed by atoms with E-state index < -0.39 is 5.60 Å². The van der Waals surface area contributed by atoms with E-state index in [0.717, 1.165) is 30.7 Å². The second-order valence-corrected chi connectivity index (χ2v) is 7.16. The van der Waals surface area contributed by atoms with Gasteiger partial charge in [0.05, 0.1) is 11.3 Å². The van der Waals surface area contributed by atoms with Gasteiger partial charge in [0.15, 0.2) is 0 Å². The SMILES string of the molecule is Cc1cc(CC2(O)CC(C)CC(C)(C)C2)n(C)n1. The van der Waals surface area contributed by atoms with Crippen LogP contribution in [0.4, 0.5) is 0 Å². The summed E-state index contributed by atoms with van der Waals surface area (Å²) in [7, 11) is 1.96. The summed E-state index contributed by atoms with van der Waals surface area (Å²) in [5, 5.41) is 15.3. The van der Waals surface area contributed by atoms with Gasteiger partial charge >= 0.3 is 0 Å². The van der Waals surface area contributed by atoms with Crippen LogP contribution >= 0.6 is 0 Å². The minimum atomic E-state index is -0.568. The minimum absolute atomic E-state index is 0.236. The molecule has 3 heteroatoms. The Kier molecular flexibility index (Phi) is 3.30. The van der Waals surface area contributed by atoms with Crippen molar-refractivity contribution in [3.63, 3.8) is 0 Å². The van der Waals surface area contributed by atoms with Crippen LogP contribution in [0.5, 0.6) is 0 Å². The molecule has 102 valence electrons. The highest BCUT2D eigenvalue weighted by molar-refractivity contribution is 5.12. The van der Waals surface area contributed by atoms with Gasteiger partial charge in [0, 0.05) is 19.2 Å². The molecule has 1 fully saturated rings. The van der Waals surface area contributed by atoms with Gasteiger partial charge in [0.2, 0.25) is 0 Å². The van der Waals surface area contributed by atoms with Gasteiger partial charge in [0.1, 0.15) is 0 Å². The van der Waals surface area contributed by atoms with Crippen LogP contribution in [0.15, 0.2) is 6.07 Å². The Morgan fingerprint density at radius 2 is 2.11 bits per heavy atom. The number of aryl methyl sites for hydroxylation is 2. The largest absolute Gasteiger partial charge is 0.389 e. The molecule has 0 bridgehead atoms. The summed E-state index contributed by atoms with van der Waals surface area (Å²) in [6.45, 7) is 8.78. The van der Waals surface area contributed by atoms with Gasteiger partial charge < -0.3 is 5.11 Å². The first-order valence-corrected chi connectivity index (χ1v) is 6.91. The highest BCUT2D eigenvalue weighted by Crippen LogP contribution is 2.45. The minimum Gasteiger partial charge on any atom is -0.389 e. The molecule has 0 radical (unpaired) electrons. The summed E-state index contributed by atoms with van der Waals surface area (Å²) in [6, 6.07) is 2.09. The van der Waals surface area contributed by atoms with Crippen LogP contribution in [0.2, 0.25) is 0 Å². The van der Waals surface area contributed by atoms with E-state index in [-0.39, 0.29) is 5.41 Å². The molecule has 0 aliphatic heterocycles. The second kappa shape index (κ2) is 4.37. The number of rotatable bonds is 2. The zero-order valence-electron chi connectivity index (χ0n) is 12.3. The average Bonchev–Trinajstić information content (AvgIpc) is 2.38. The fraction of sp³-hybridized carbons (Fsp3) is 0.800. The number of hydrogen-bond acceptors (Lipinski definition) is 2. The molecule has 2 atom stereocenters. The molecule has 0 saturated heterocycles. The number of nitrogens with zero attached hydrogens (tertiary/aromatic N) is 2. The van der Waals surface area contributed by atoms with E-state index in [4.69, 9.17) is 0 Å². The molecule has 1 aromatic rings. The average molecular weight is 250 g/mol. The van der Waals surface area contributed by atoms with Crippen molar-refractivity contribution in [2.75, 3.05) is 0 Å². The Morgan fingerprint density at radius 1 is 1.44 bits per heavy atom. The Labute approximate surface area is 110 Å². The first-order chi connectivity index (χ1) is 8.19. The lowest BCUT2D eigenvalue weighted by Crippen LogP contribution is -2.44. The first-order valence-electron chi connectivity index (χ1n) is 6.91. The smallest absolute Gasteiger partial charge is 0.0710 e. The van der Waals surface area contributed by atoms with E-state index >= 15 is 0 Å². The van der Waals surface area contributed by atoms with Crippen molar-refractivity contribution in [3.05, 3.63) is 17.5 Å². The predicted octanol–water partition coefficient (Wildman–Crippen LogP) is 2.85. The summed E-state index contributed by atoms with van der Waals surface area (Å²) in [4.78, 5) is 0. The van der Waals surface area contributed by atoms with Crippen LogP contribution in [0.1, 0.15) is 51.4 Å².